The normalized spacial score (nSPS) is 22.8. The van der Waals surface area contributed by atoms with Crippen molar-refractivity contribution in [3.63, 3.8) is 0 Å². The highest BCUT2D eigenvalue weighted by Gasteiger charge is 2.23. The monoisotopic (exact) mass is 260 g/mol. The number of nitrogens with zero attached hydrogens (tertiary/aromatic N) is 1. The third-order valence-electron chi connectivity index (χ3n) is 4.49. The Balaban J connectivity index is 1.46. The minimum Gasteiger partial charge on any atom is -0.508 e. The predicted octanol–water partition coefficient (Wildman–Crippen LogP) is 2.46. The van der Waals surface area contributed by atoms with Crippen molar-refractivity contribution in [2.75, 3.05) is 26.2 Å². The molecule has 19 heavy (non-hydrogen) atoms. The number of phenolic OH excluding ortho intramolecular Hbond substituents is 1. The van der Waals surface area contributed by atoms with E-state index in [1.807, 2.05) is 6.07 Å². The molecule has 0 aromatic heterocycles. The van der Waals surface area contributed by atoms with Crippen LogP contribution in [0.1, 0.15) is 42.9 Å². The maximum atomic E-state index is 9.83. The molecule has 0 spiro atoms. The molecule has 1 fully saturated rings. The number of fused-ring (bicyclic) bond motifs is 1. The van der Waals surface area contributed by atoms with Crippen LogP contribution in [-0.2, 0) is 6.42 Å². The number of phenols is 1. The van der Waals surface area contributed by atoms with Gasteiger partial charge in [0.15, 0.2) is 0 Å². The molecule has 2 aliphatic rings. The summed E-state index contributed by atoms with van der Waals surface area (Å²) < 4.78 is 0. The van der Waals surface area contributed by atoms with Gasteiger partial charge in [-0.25, -0.2) is 0 Å². The second-order valence-corrected chi connectivity index (χ2v) is 5.79. The number of nitrogens with one attached hydrogen (secondary N) is 1. The topological polar surface area (TPSA) is 35.5 Å². The van der Waals surface area contributed by atoms with E-state index in [1.54, 1.807) is 6.07 Å². The average Bonchev–Trinajstić information content (AvgIpc) is 3.05. The van der Waals surface area contributed by atoms with E-state index in [0.717, 1.165) is 24.9 Å². The Hall–Kier alpha value is -1.06. The van der Waals surface area contributed by atoms with E-state index in [-0.39, 0.29) is 0 Å². The molecule has 2 N–H and O–H groups in total. The number of aromatic hydroxyl groups is 1. The molecule has 1 unspecified atom stereocenters. The molecule has 1 aliphatic heterocycles. The number of hydrogen-bond donors (Lipinski definition) is 2. The Bertz CT molecular complexity index is 427. The third-order valence-corrected chi connectivity index (χ3v) is 4.49. The fourth-order valence-electron chi connectivity index (χ4n) is 3.43. The van der Waals surface area contributed by atoms with Gasteiger partial charge in [-0.3, -0.25) is 0 Å². The SMILES string of the molecule is Oc1cccc2c1CCC2NCCCN1CCCC1. The molecule has 104 valence electrons. The van der Waals surface area contributed by atoms with Crippen LogP contribution in [0.5, 0.6) is 5.75 Å². The highest BCUT2D eigenvalue weighted by Crippen LogP contribution is 2.36. The maximum Gasteiger partial charge on any atom is 0.119 e. The van der Waals surface area contributed by atoms with Gasteiger partial charge in [-0.15, -0.1) is 0 Å². The second-order valence-electron chi connectivity index (χ2n) is 5.79. The molecule has 1 aliphatic carbocycles. The highest BCUT2D eigenvalue weighted by molar-refractivity contribution is 5.44. The minimum absolute atomic E-state index is 0.445. The Morgan fingerprint density at radius 1 is 1.26 bits per heavy atom. The molecule has 1 heterocycles. The van der Waals surface area contributed by atoms with E-state index in [9.17, 15) is 5.11 Å². The molecule has 3 rings (SSSR count). The molecule has 0 bridgehead atoms. The van der Waals surface area contributed by atoms with Crippen LogP contribution in [0.25, 0.3) is 0 Å². The molecule has 1 atom stereocenters. The summed E-state index contributed by atoms with van der Waals surface area (Å²) in [7, 11) is 0. The maximum absolute atomic E-state index is 9.83. The summed E-state index contributed by atoms with van der Waals surface area (Å²) in [5.41, 5.74) is 2.46. The van der Waals surface area contributed by atoms with Crippen LogP contribution in [0.15, 0.2) is 18.2 Å². The molecular formula is C16H24N2O. The van der Waals surface area contributed by atoms with E-state index in [0.29, 0.717) is 11.8 Å². The molecule has 0 amide bonds. The first-order valence-corrected chi connectivity index (χ1v) is 7.61. The molecule has 1 saturated heterocycles. The van der Waals surface area contributed by atoms with E-state index in [4.69, 9.17) is 0 Å². The Morgan fingerprint density at radius 2 is 2.11 bits per heavy atom. The largest absolute Gasteiger partial charge is 0.508 e. The summed E-state index contributed by atoms with van der Waals surface area (Å²) in [6.07, 6.45) is 6.11. The Morgan fingerprint density at radius 3 is 2.95 bits per heavy atom. The molecular weight excluding hydrogens is 236 g/mol. The number of likely N-dealkylation sites (tertiary alicyclic amines) is 1. The van der Waals surface area contributed by atoms with Gasteiger partial charge in [0, 0.05) is 6.04 Å². The van der Waals surface area contributed by atoms with Crippen molar-refractivity contribution >= 4 is 0 Å². The number of hydrogen-bond acceptors (Lipinski definition) is 3. The molecule has 1 aromatic rings. The molecule has 0 saturated carbocycles. The third kappa shape index (κ3) is 2.93. The fraction of sp³-hybridized carbons (Fsp3) is 0.625. The van der Waals surface area contributed by atoms with Gasteiger partial charge in [0.2, 0.25) is 0 Å². The van der Waals surface area contributed by atoms with Crippen LogP contribution in [0.4, 0.5) is 0 Å². The van der Waals surface area contributed by atoms with E-state index < -0.39 is 0 Å². The zero-order valence-corrected chi connectivity index (χ0v) is 11.6. The summed E-state index contributed by atoms with van der Waals surface area (Å²) in [4.78, 5) is 2.57. The lowest BCUT2D eigenvalue weighted by Gasteiger charge is -2.17. The van der Waals surface area contributed by atoms with Gasteiger partial charge in [0.25, 0.3) is 0 Å². The summed E-state index contributed by atoms with van der Waals surface area (Å²) in [6, 6.07) is 6.35. The zero-order valence-electron chi connectivity index (χ0n) is 11.6. The fourth-order valence-corrected chi connectivity index (χ4v) is 3.43. The first kappa shape index (κ1) is 12.9. The smallest absolute Gasteiger partial charge is 0.119 e. The Labute approximate surface area is 115 Å². The molecule has 3 nitrogen and oxygen atoms in total. The van der Waals surface area contributed by atoms with Gasteiger partial charge in [-0.05, 0) is 75.5 Å². The van der Waals surface area contributed by atoms with E-state index in [1.165, 1.54) is 44.5 Å². The van der Waals surface area contributed by atoms with Crippen LogP contribution >= 0.6 is 0 Å². The predicted molar refractivity (Wildman–Crippen MR) is 77.5 cm³/mol. The van der Waals surface area contributed by atoms with Crippen LogP contribution in [-0.4, -0.2) is 36.2 Å². The lowest BCUT2D eigenvalue weighted by atomic mass is 10.1. The average molecular weight is 260 g/mol. The Kier molecular flexibility index (Phi) is 4.04. The summed E-state index contributed by atoms with van der Waals surface area (Å²) in [5.74, 6) is 0.471. The van der Waals surface area contributed by atoms with Crippen LogP contribution < -0.4 is 5.32 Å². The molecule has 1 aromatic carbocycles. The minimum atomic E-state index is 0.445. The number of rotatable bonds is 5. The summed E-state index contributed by atoms with van der Waals surface area (Å²) in [6.45, 7) is 4.89. The zero-order chi connectivity index (χ0) is 13.1. The van der Waals surface area contributed by atoms with Crippen LogP contribution in [0.2, 0.25) is 0 Å². The van der Waals surface area contributed by atoms with Crippen molar-refractivity contribution in [2.24, 2.45) is 0 Å². The van der Waals surface area contributed by atoms with Crippen molar-refractivity contribution in [3.05, 3.63) is 29.3 Å². The quantitative estimate of drug-likeness (QED) is 0.798. The molecule has 3 heteroatoms. The van der Waals surface area contributed by atoms with Crippen LogP contribution in [0.3, 0.4) is 0 Å². The van der Waals surface area contributed by atoms with E-state index in [2.05, 4.69) is 16.3 Å². The van der Waals surface area contributed by atoms with Gasteiger partial charge >= 0.3 is 0 Å². The van der Waals surface area contributed by atoms with Gasteiger partial charge in [-0.2, -0.15) is 0 Å². The lowest BCUT2D eigenvalue weighted by molar-refractivity contribution is 0.327. The second kappa shape index (κ2) is 5.93. The standard InChI is InChI=1S/C16H24N2O/c19-16-6-3-5-13-14(16)7-8-15(13)17-9-4-12-18-10-1-2-11-18/h3,5-6,15,17,19H,1-2,4,7-12H2. The summed E-state index contributed by atoms with van der Waals surface area (Å²) >= 11 is 0. The van der Waals surface area contributed by atoms with Crippen molar-refractivity contribution in [1.82, 2.24) is 10.2 Å². The number of benzene rings is 1. The first-order valence-electron chi connectivity index (χ1n) is 7.61. The van der Waals surface area contributed by atoms with Gasteiger partial charge in [0.05, 0.1) is 0 Å². The van der Waals surface area contributed by atoms with Crippen molar-refractivity contribution in [3.8, 4) is 5.75 Å². The van der Waals surface area contributed by atoms with Gasteiger partial charge in [0.1, 0.15) is 5.75 Å². The van der Waals surface area contributed by atoms with Gasteiger partial charge < -0.3 is 15.3 Å². The first-order chi connectivity index (χ1) is 9.34. The van der Waals surface area contributed by atoms with Crippen molar-refractivity contribution in [2.45, 2.75) is 38.1 Å². The van der Waals surface area contributed by atoms with Gasteiger partial charge in [-0.1, -0.05) is 12.1 Å². The molecule has 0 radical (unpaired) electrons. The highest BCUT2D eigenvalue weighted by atomic mass is 16.3. The van der Waals surface area contributed by atoms with Crippen LogP contribution in [0, 0.1) is 0 Å². The summed E-state index contributed by atoms with van der Waals surface area (Å²) in [5, 5.41) is 13.5. The van der Waals surface area contributed by atoms with Crippen molar-refractivity contribution < 1.29 is 5.11 Å². The lowest BCUT2D eigenvalue weighted by Crippen LogP contribution is -2.26. The van der Waals surface area contributed by atoms with Crippen molar-refractivity contribution in [1.29, 1.82) is 0 Å². The van der Waals surface area contributed by atoms with E-state index >= 15 is 0 Å².